The van der Waals surface area contributed by atoms with E-state index in [0.717, 1.165) is 112 Å². The van der Waals surface area contributed by atoms with Gasteiger partial charge in [0, 0.05) is 115 Å². The molecule has 15 aromatic carbocycles. The lowest BCUT2D eigenvalue weighted by atomic mass is 10.0. The van der Waals surface area contributed by atoms with Gasteiger partial charge in [-0.2, -0.15) is 25.5 Å². The summed E-state index contributed by atoms with van der Waals surface area (Å²) in [5.74, 6) is -4.03. The number of nitrogens with zero attached hydrogens (tertiary/aromatic N) is 5. The molecule has 4 aliphatic rings. The highest BCUT2D eigenvalue weighted by Crippen LogP contribution is 2.41. The topological polar surface area (TPSA) is 356 Å². The van der Waals surface area contributed by atoms with E-state index >= 15 is 0 Å². The SMILES string of the molecule is CC(=O)Nc1cc(F)c2n[nH]c(-c3ccc4ccccc4c3)c2c1.O=C(Nc1cc(F)c2n[nH]c(-c3ccc4ccccc4c3)c2c1)C1CC1.O=C(Nc1cc(F)c2n[nH]c(-c3ccc4ccccc4c3)c2c1)C1CCOC1.O=C1CC[C@@H](C(=O)Nc2cc(F)c3n[nH]c(-c4ccc5ccccc5c4)c3c2)N1.O=C1CC[C@H](C(=O)Nc2cc(F)c3n[nH]c(-c4ccc5ccccc5c4)c3c2)N1. The molecule has 5 aromatic heterocycles. The third-order valence-electron chi connectivity index (χ3n) is 24.5. The van der Waals surface area contributed by atoms with Crippen molar-refractivity contribution < 1.29 is 60.3 Å². The molecule has 3 atom stereocenters. The lowest BCUT2D eigenvalue weighted by Gasteiger charge is -2.11. The van der Waals surface area contributed by atoms with Crippen LogP contribution in [0.4, 0.5) is 50.4 Å². The molecule has 20 aromatic rings. The number of benzene rings is 15. The van der Waals surface area contributed by atoms with Crippen molar-refractivity contribution in [3.8, 4) is 56.3 Å². The van der Waals surface area contributed by atoms with Crippen molar-refractivity contribution in [1.82, 2.24) is 61.6 Å². The summed E-state index contributed by atoms with van der Waals surface area (Å²) in [6.07, 6.45) is 4.01. The largest absolute Gasteiger partial charge is 0.381 e. The van der Waals surface area contributed by atoms with Gasteiger partial charge < -0.3 is 42.0 Å². The molecule has 1 unspecified atom stereocenters. The molecule has 30 heteroatoms. The van der Waals surface area contributed by atoms with Crippen LogP contribution >= 0.6 is 0 Å². The van der Waals surface area contributed by atoms with Crippen molar-refractivity contribution in [2.24, 2.45) is 11.8 Å². The first kappa shape index (κ1) is 86.9. The first-order chi connectivity index (χ1) is 66.1. The summed E-state index contributed by atoms with van der Waals surface area (Å²) in [7, 11) is 0. The Kier molecular flexibility index (Phi) is 23.8. The average Bonchev–Trinajstić information content (AvgIpc) is 1.64. The highest BCUT2D eigenvalue weighted by atomic mass is 19.1. The van der Waals surface area contributed by atoms with Crippen LogP contribution in [0.1, 0.15) is 51.9 Å². The average molecular weight is 1820 g/mol. The molecule has 1 aliphatic carbocycles. The molecule has 136 heavy (non-hydrogen) atoms. The van der Waals surface area contributed by atoms with Gasteiger partial charge in [0.05, 0.1) is 41.0 Å². The second-order valence-electron chi connectivity index (χ2n) is 33.9. The van der Waals surface area contributed by atoms with E-state index < -0.39 is 41.2 Å². The maximum atomic E-state index is 14.6. The minimum atomic E-state index is -0.592. The van der Waals surface area contributed by atoms with Crippen LogP contribution in [-0.4, -0.2) is 118 Å². The van der Waals surface area contributed by atoms with Crippen molar-refractivity contribution in [3.63, 3.8) is 0 Å². The Labute approximate surface area is 769 Å². The number of rotatable bonds is 14. The van der Waals surface area contributed by atoms with Crippen LogP contribution in [0.25, 0.3) is 165 Å². The van der Waals surface area contributed by atoms with Crippen molar-refractivity contribution in [1.29, 1.82) is 0 Å². The summed E-state index contributed by atoms with van der Waals surface area (Å²) in [4.78, 5) is 83.0. The number of aromatic nitrogens is 10. The molecule has 8 heterocycles. The molecule has 3 aliphatic heterocycles. The van der Waals surface area contributed by atoms with Gasteiger partial charge in [-0.1, -0.05) is 182 Å². The van der Waals surface area contributed by atoms with Crippen LogP contribution < -0.4 is 37.2 Å². The first-order valence-electron chi connectivity index (χ1n) is 44.2. The van der Waals surface area contributed by atoms with Crippen molar-refractivity contribution in [2.75, 3.05) is 39.8 Å². The Morgan fingerprint density at radius 1 is 0.294 bits per heavy atom. The number of anilines is 5. The number of amides is 7. The Hall–Kier alpha value is -17.2. The number of nitrogens with one attached hydrogen (secondary N) is 12. The van der Waals surface area contributed by atoms with E-state index in [-0.39, 0.29) is 80.8 Å². The van der Waals surface area contributed by atoms with Crippen molar-refractivity contribution >= 4 is 178 Å². The molecule has 24 rings (SSSR count). The number of carbonyl (C=O) groups is 7. The van der Waals surface area contributed by atoms with Crippen LogP contribution in [0, 0.1) is 40.9 Å². The third kappa shape index (κ3) is 18.4. The molecule has 0 spiro atoms. The van der Waals surface area contributed by atoms with Crippen LogP contribution in [0.5, 0.6) is 0 Å². The van der Waals surface area contributed by atoms with E-state index in [4.69, 9.17) is 4.74 Å². The fourth-order valence-electron chi connectivity index (χ4n) is 17.4. The van der Waals surface area contributed by atoms with Crippen molar-refractivity contribution in [3.05, 3.63) is 302 Å². The molecule has 4 fully saturated rings. The molecule has 25 nitrogen and oxygen atoms in total. The van der Waals surface area contributed by atoms with Gasteiger partial charge in [-0.15, -0.1) is 0 Å². The Morgan fingerprint density at radius 3 is 0.779 bits per heavy atom. The minimum Gasteiger partial charge on any atom is -0.381 e. The van der Waals surface area contributed by atoms with E-state index in [9.17, 15) is 55.5 Å². The lowest BCUT2D eigenvalue weighted by molar-refractivity contribution is -0.122. The smallest absolute Gasteiger partial charge is 0.246 e. The van der Waals surface area contributed by atoms with Crippen LogP contribution in [0.3, 0.4) is 0 Å². The summed E-state index contributed by atoms with van der Waals surface area (Å²) in [6.45, 7) is 2.38. The van der Waals surface area contributed by atoms with Gasteiger partial charge in [-0.25, -0.2) is 22.0 Å². The van der Waals surface area contributed by atoms with E-state index in [1.54, 1.807) is 30.3 Å². The molecular weight excluding hydrogens is 1730 g/mol. The molecule has 1 saturated carbocycles. The molecule has 7 amide bonds. The number of fused-ring (bicyclic) bond motifs is 10. The molecule has 674 valence electrons. The van der Waals surface area contributed by atoms with Gasteiger partial charge in [0.2, 0.25) is 41.4 Å². The van der Waals surface area contributed by atoms with Gasteiger partial charge in [0.25, 0.3) is 0 Å². The molecule has 0 bridgehead atoms. The van der Waals surface area contributed by atoms with E-state index in [2.05, 4.69) is 100 Å². The van der Waals surface area contributed by atoms with Crippen LogP contribution in [0.15, 0.2) is 273 Å². The zero-order chi connectivity index (χ0) is 93.4. The summed E-state index contributed by atoms with van der Waals surface area (Å²) >= 11 is 0. The van der Waals surface area contributed by atoms with Gasteiger partial charge in [-0.3, -0.25) is 59.1 Å². The fourth-order valence-corrected chi connectivity index (χ4v) is 17.4. The monoisotopic (exact) mass is 1820 g/mol. The number of ether oxygens (including phenoxy) is 1. The van der Waals surface area contributed by atoms with Gasteiger partial charge in [0.1, 0.15) is 39.7 Å². The fraction of sp³-hybridized carbons (Fsp3) is 0.132. The number of carbonyl (C=O) groups excluding carboxylic acids is 7. The van der Waals surface area contributed by atoms with Gasteiger partial charge in [0.15, 0.2) is 29.1 Å². The summed E-state index contributed by atoms with van der Waals surface area (Å²) in [6, 6.07) is 84.1. The van der Waals surface area contributed by atoms with Gasteiger partial charge in [-0.05, 0) is 177 Å². The Bertz CT molecular complexity index is 8000. The van der Waals surface area contributed by atoms with E-state index in [0.29, 0.717) is 112 Å². The van der Waals surface area contributed by atoms with E-state index in [1.807, 2.05) is 200 Å². The second-order valence-corrected chi connectivity index (χ2v) is 33.9. The minimum absolute atomic E-state index is 0.0421. The Morgan fingerprint density at radius 2 is 0.544 bits per heavy atom. The van der Waals surface area contributed by atoms with Crippen LogP contribution in [0.2, 0.25) is 0 Å². The third-order valence-corrected chi connectivity index (χ3v) is 24.5. The number of H-pyrrole nitrogens is 5. The van der Waals surface area contributed by atoms with Crippen molar-refractivity contribution in [2.45, 2.75) is 64.0 Å². The Balaban J connectivity index is 0.000000105. The highest BCUT2D eigenvalue weighted by molar-refractivity contribution is 6.08. The zero-order valence-corrected chi connectivity index (χ0v) is 72.5. The first-order valence-corrected chi connectivity index (χ1v) is 44.2. The molecule has 12 N–H and O–H groups in total. The molecule has 0 radical (unpaired) electrons. The highest BCUT2D eigenvalue weighted by Gasteiger charge is 2.33. The number of hydrogen-bond acceptors (Lipinski definition) is 13. The van der Waals surface area contributed by atoms with Crippen LogP contribution in [-0.2, 0) is 38.3 Å². The normalized spacial score (nSPS) is 15.0. The maximum absolute atomic E-state index is 14.6. The number of hydrogen-bond donors (Lipinski definition) is 12. The predicted octanol–water partition coefficient (Wildman–Crippen LogP) is 21.3. The molecular formula is C106H82F5N17O8. The second kappa shape index (κ2) is 37.2. The summed E-state index contributed by atoms with van der Waals surface area (Å²) in [5.41, 5.74) is 11.2. The van der Waals surface area contributed by atoms with Gasteiger partial charge >= 0.3 is 0 Å². The lowest BCUT2D eigenvalue weighted by Crippen LogP contribution is -2.37. The number of halogens is 5. The maximum Gasteiger partial charge on any atom is 0.246 e. The predicted molar refractivity (Wildman–Crippen MR) is 518 cm³/mol. The quantitative estimate of drug-likeness (QED) is 0.0451. The zero-order valence-electron chi connectivity index (χ0n) is 72.5. The summed E-state index contributed by atoms with van der Waals surface area (Å²) < 4.78 is 77.8. The standard InChI is InChI=1S/2C22H17FN4O2.C22H18FN3O2.C21H16FN3O.C19H14FN3O/c2*23-17-11-15(24-22(29)18-7-8-19(28)25-18)10-16-20(26-27-21(16)17)14-6-5-12-3-1-2-4-13(12)9-14;23-19-11-17(24-22(27)16-7-8-28-12-16)10-18-20(25-26-21(18)19)15-6-5-13-3-1-2-4-14(13)9-15;22-18-11-16(23-21(26)13-6-7-13)10-17-19(24-25-20(17)18)15-8-5-12-3-1-2-4-14(12)9-15;1-11(24)21-15-9-16-18(22-23-19(16)17(20)10-15)14-7-6-12-4-2-3-5-13(12)8-14/h2*1-6,9-11,18H,7-8H2,(H,24,29)(H,25,28)(H,26,27);1-6,9-11,16H,7-8,12H2,(H,24,27)(H,25,26);1-5,8-11,13H,6-7H2,(H,23,26)(H,24,25);2-10H,1H3,(H,21,24)(H,22,23)/t2*18-;;;/m10.../s1. The molecule has 3 saturated heterocycles. The van der Waals surface area contributed by atoms with E-state index in [1.165, 1.54) is 37.3 Å². The number of aromatic amines is 5. The summed E-state index contributed by atoms with van der Waals surface area (Å²) in [5, 5.41) is 68.2.